The van der Waals surface area contributed by atoms with Crippen molar-refractivity contribution in [3.63, 3.8) is 0 Å². The number of nitrogens with zero attached hydrogens (tertiary/aromatic N) is 1. The molecule has 0 heterocycles. The highest BCUT2D eigenvalue weighted by Crippen LogP contribution is 2.27. The average molecular weight is 386 g/mol. The SMILES string of the molecule is C=CCNC(=O)[C@@H](C)OC(=O)c1ccc(OC)c(S(=O)(=O)N(C)OC)c1. The second-order valence-electron chi connectivity index (χ2n) is 5.04. The van der Waals surface area contributed by atoms with Crippen molar-refractivity contribution in [3.8, 4) is 5.75 Å². The number of methoxy groups -OCH3 is 1. The fraction of sp³-hybridized carbons (Fsp3) is 0.375. The number of hydroxylamine groups is 1. The first-order valence-electron chi connectivity index (χ1n) is 7.49. The van der Waals surface area contributed by atoms with Crippen molar-refractivity contribution in [1.82, 2.24) is 9.79 Å². The molecule has 0 aliphatic rings. The quantitative estimate of drug-likeness (QED) is 0.378. The van der Waals surface area contributed by atoms with Gasteiger partial charge in [0.25, 0.3) is 15.9 Å². The topological polar surface area (TPSA) is 111 Å². The Balaban J connectivity index is 3.11. The normalized spacial score (nSPS) is 12.3. The third-order valence-electron chi connectivity index (χ3n) is 3.35. The Hall–Kier alpha value is -2.43. The molecule has 26 heavy (non-hydrogen) atoms. The molecule has 1 amide bonds. The summed E-state index contributed by atoms with van der Waals surface area (Å²) in [5.41, 5.74) is -0.0581. The fourth-order valence-electron chi connectivity index (χ4n) is 1.84. The van der Waals surface area contributed by atoms with Crippen LogP contribution in [0.3, 0.4) is 0 Å². The lowest BCUT2D eigenvalue weighted by Gasteiger charge is -2.17. The van der Waals surface area contributed by atoms with Gasteiger partial charge in [-0.3, -0.25) is 9.63 Å². The fourth-order valence-corrected chi connectivity index (χ4v) is 3.00. The third-order valence-corrected chi connectivity index (χ3v) is 5.05. The summed E-state index contributed by atoms with van der Waals surface area (Å²) in [6.07, 6.45) is 0.422. The van der Waals surface area contributed by atoms with E-state index in [-0.39, 0.29) is 22.8 Å². The molecule has 0 bridgehead atoms. The largest absolute Gasteiger partial charge is 0.495 e. The summed E-state index contributed by atoms with van der Waals surface area (Å²) in [4.78, 5) is 28.4. The lowest BCUT2D eigenvalue weighted by molar-refractivity contribution is -0.128. The summed E-state index contributed by atoms with van der Waals surface area (Å²) >= 11 is 0. The Kier molecular flexibility index (Phi) is 7.75. The van der Waals surface area contributed by atoms with E-state index in [1.165, 1.54) is 46.4 Å². The second kappa shape index (κ2) is 9.32. The molecule has 144 valence electrons. The van der Waals surface area contributed by atoms with Crippen LogP contribution in [0.25, 0.3) is 0 Å². The van der Waals surface area contributed by atoms with Crippen molar-refractivity contribution in [3.05, 3.63) is 36.4 Å². The zero-order chi connectivity index (χ0) is 19.9. The summed E-state index contributed by atoms with van der Waals surface area (Å²) in [5.74, 6) is -1.33. The number of sulfonamides is 1. The molecular weight excluding hydrogens is 364 g/mol. The summed E-state index contributed by atoms with van der Waals surface area (Å²) in [7, 11) is -0.373. The molecule has 1 aromatic carbocycles. The molecule has 0 aromatic heterocycles. The molecule has 0 aliphatic heterocycles. The van der Waals surface area contributed by atoms with Crippen LogP contribution in [-0.4, -0.2) is 58.7 Å². The van der Waals surface area contributed by atoms with Gasteiger partial charge in [0.2, 0.25) is 0 Å². The molecular formula is C16H22N2O7S. The summed E-state index contributed by atoms with van der Waals surface area (Å²) < 4.78 is 35.6. The van der Waals surface area contributed by atoms with Gasteiger partial charge in [-0.2, -0.15) is 0 Å². The molecule has 0 spiro atoms. The molecule has 0 saturated carbocycles. The molecule has 0 radical (unpaired) electrons. The molecule has 1 N–H and O–H groups in total. The van der Waals surface area contributed by atoms with Crippen LogP contribution in [-0.2, 0) is 24.4 Å². The van der Waals surface area contributed by atoms with Gasteiger partial charge in [-0.05, 0) is 25.1 Å². The Morgan fingerprint density at radius 1 is 1.35 bits per heavy atom. The number of carbonyl (C=O) groups excluding carboxylic acids is 2. The van der Waals surface area contributed by atoms with Crippen LogP contribution in [0.5, 0.6) is 5.75 Å². The van der Waals surface area contributed by atoms with Crippen molar-refractivity contribution in [2.45, 2.75) is 17.9 Å². The summed E-state index contributed by atoms with van der Waals surface area (Å²) in [5, 5.41) is 2.49. The van der Waals surface area contributed by atoms with Crippen LogP contribution < -0.4 is 10.1 Å². The number of nitrogens with one attached hydrogen (secondary N) is 1. The predicted octanol–water partition coefficient (Wildman–Crippen LogP) is 0.725. The van der Waals surface area contributed by atoms with E-state index in [1.807, 2.05) is 0 Å². The minimum absolute atomic E-state index is 0.0298. The zero-order valence-electron chi connectivity index (χ0n) is 15.0. The van der Waals surface area contributed by atoms with Crippen molar-refractivity contribution < 1.29 is 32.3 Å². The molecule has 0 fully saturated rings. The number of rotatable bonds is 9. The molecule has 10 heteroatoms. The first kappa shape index (κ1) is 21.6. The van der Waals surface area contributed by atoms with Gasteiger partial charge in [0.1, 0.15) is 10.6 Å². The first-order valence-corrected chi connectivity index (χ1v) is 8.93. The van der Waals surface area contributed by atoms with E-state index in [9.17, 15) is 18.0 Å². The lowest BCUT2D eigenvalue weighted by Crippen LogP contribution is -2.35. The van der Waals surface area contributed by atoms with Crippen molar-refractivity contribution in [1.29, 1.82) is 0 Å². The minimum atomic E-state index is -4.06. The second-order valence-corrected chi connectivity index (χ2v) is 6.95. The third kappa shape index (κ3) is 5.04. The molecule has 1 atom stereocenters. The first-order chi connectivity index (χ1) is 12.2. The van der Waals surface area contributed by atoms with Gasteiger partial charge in [-0.15, -0.1) is 6.58 Å². The zero-order valence-corrected chi connectivity index (χ0v) is 15.8. The van der Waals surface area contributed by atoms with E-state index < -0.39 is 28.0 Å². The van der Waals surface area contributed by atoms with Gasteiger partial charge in [-0.1, -0.05) is 10.5 Å². The number of ether oxygens (including phenoxy) is 2. The van der Waals surface area contributed by atoms with Gasteiger partial charge in [0.15, 0.2) is 6.10 Å². The van der Waals surface area contributed by atoms with E-state index in [2.05, 4.69) is 11.9 Å². The van der Waals surface area contributed by atoms with Crippen LogP contribution >= 0.6 is 0 Å². The molecule has 0 saturated heterocycles. The van der Waals surface area contributed by atoms with E-state index in [0.29, 0.717) is 4.47 Å². The van der Waals surface area contributed by atoms with Gasteiger partial charge in [0.05, 0.1) is 19.8 Å². The number of amides is 1. The average Bonchev–Trinajstić information content (AvgIpc) is 2.64. The highest BCUT2D eigenvalue weighted by atomic mass is 32.2. The van der Waals surface area contributed by atoms with E-state index in [1.54, 1.807) is 0 Å². The Labute approximate surface area is 152 Å². The molecule has 0 aliphatic carbocycles. The molecule has 0 unspecified atom stereocenters. The van der Waals surface area contributed by atoms with Gasteiger partial charge < -0.3 is 14.8 Å². The maximum absolute atomic E-state index is 12.5. The van der Waals surface area contributed by atoms with Crippen molar-refractivity contribution >= 4 is 21.9 Å². The molecule has 9 nitrogen and oxygen atoms in total. The standard InChI is InChI=1S/C16H22N2O7S/c1-6-9-17-15(19)11(2)25-16(20)12-7-8-13(23-4)14(10-12)26(21,22)18(3)24-5/h6-8,10-11H,1,9H2,2-5H3,(H,17,19)/t11-/m1/s1. The smallest absolute Gasteiger partial charge is 0.338 e. The highest BCUT2D eigenvalue weighted by Gasteiger charge is 2.27. The monoisotopic (exact) mass is 386 g/mol. The maximum Gasteiger partial charge on any atom is 0.338 e. The van der Waals surface area contributed by atoms with Crippen molar-refractivity contribution in [2.24, 2.45) is 0 Å². The maximum atomic E-state index is 12.5. The molecule has 1 aromatic rings. The van der Waals surface area contributed by atoms with E-state index in [0.717, 1.165) is 6.07 Å². The predicted molar refractivity (Wildman–Crippen MR) is 93.0 cm³/mol. The molecule has 1 rings (SSSR count). The number of esters is 1. The van der Waals surface area contributed by atoms with E-state index in [4.69, 9.17) is 14.3 Å². The van der Waals surface area contributed by atoms with Crippen LogP contribution in [0, 0.1) is 0 Å². The van der Waals surface area contributed by atoms with Gasteiger partial charge >= 0.3 is 5.97 Å². The number of hydrogen-bond acceptors (Lipinski definition) is 7. The summed E-state index contributed by atoms with van der Waals surface area (Å²) in [6.45, 7) is 5.10. The number of benzene rings is 1. The van der Waals surface area contributed by atoms with Crippen LogP contribution in [0.4, 0.5) is 0 Å². The van der Waals surface area contributed by atoms with Crippen LogP contribution in [0.2, 0.25) is 0 Å². The summed E-state index contributed by atoms with van der Waals surface area (Å²) in [6, 6.07) is 3.75. The van der Waals surface area contributed by atoms with Crippen LogP contribution in [0.1, 0.15) is 17.3 Å². The Morgan fingerprint density at radius 2 is 2.00 bits per heavy atom. The van der Waals surface area contributed by atoms with Crippen molar-refractivity contribution in [2.75, 3.05) is 27.8 Å². The van der Waals surface area contributed by atoms with Gasteiger partial charge in [-0.25, -0.2) is 13.2 Å². The Bertz CT molecular complexity index is 777. The lowest BCUT2D eigenvalue weighted by atomic mass is 10.2. The minimum Gasteiger partial charge on any atom is -0.495 e. The van der Waals surface area contributed by atoms with Gasteiger partial charge in [0, 0.05) is 13.6 Å². The van der Waals surface area contributed by atoms with Crippen LogP contribution in [0.15, 0.2) is 35.7 Å². The number of hydrogen-bond donors (Lipinski definition) is 1. The highest BCUT2D eigenvalue weighted by molar-refractivity contribution is 7.89. The number of carbonyl (C=O) groups is 2. The van der Waals surface area contributed by atoms with E-state index >= 15 is 0 Å². The Morgan fingerprint density at radius 3 is 2.54 bits per heavy atom.